The van der Waals surface area contributed by atoms with Crippen molar-refractivity contribution < 1.29 is 14.3 Å². The van der Waals surface area contributed by atoms with Crippen molar-refractivity contribution in [2.45, 2.75) is 38.3 Å². The van der Waals surface area contributed by atoms with Gasteiger partial charge in [-0.05, 0) is 48.7 Å². The minimum absolute atomic E-state index is 0.123. The van der Waals surface area contributed by atoms with Crippen molar-refractivity contribution in [3.63, 3.8) is 0 Å². The Hall–Kier alpha value is -2.01. The van der Waals surface area contributed by atoms with Crippen LogP contribution in [0.3, 0.4) is 0 Å². The third kappa shape index (κ3) is 3.10. The Balaban J connectivity index is 1.47. The Bertz CT molecular complexity index is 996. The summed E-state index contributed by atoms with van der Waals surface area (Å²) in [5.74, 6) is 1.59. The number of allylic oxidation sites excluding steroid dienone is 1. The molecule has 1 saturated carbocycles. The molecule has 0 N–H and O–H groups in total. The molecule has 1 fully saturated rings. The molecule has 2 aromatic rings. The molecule has 4 nitrogen and oxygen atoms in total. The number of Topliss-reactive ketones (excluding diaryl/α,β-unsaturated/α-hetero) is 1. The van der Waals surface area contributed by atoms with E-state index in [0.717, 1.165) is 23.4 Å². The monoisotopic (exact) mass is 415 g/mol. The second kappa shape index (κ2) is 7.11. The van der Waals surface area contributed by atoms with Crippen molar-refractivity contribution >= 4 is 35.1 Å². The van der Waals surface area contributed by atoms with Crippen LogP contribution in [0, 0.1) is 0 Å². The van der Waals surface area contributed by atoms with Gasteiger partial charge in [-0.25, -0.2) is 0 Å². The minimum Gasteiger partial charge on any atom is -0.478 e. The standard InChI is InChI=1S/C22H19Cl2NO3/c23-17-7-5-13(9-18(17)24)10-20-21(26)15-6-8-19-16(22(15)28-20)11-25(12-27-19)14-3-1-2-4-14/h5-10,14H,1-4,11-12H2/b20-10-. The first-order chi connectivity index (χ1) is 13.6. The van der Waals surface area contributed by atoms with Crippen molar-refractivity contribution in [1.82, 2.24) is 4.90 Å². The fraction of sp³-hybridized carbons (Fsp3) is 0.318. The van der Waals surface area contributed by atoms with E-state index in [1.165, 1.54) is 25.7 Å². The highest BCUT2D eigenvalue weighted by atomic mass is 35.5. The molecule has 0 atom stereocenters. The molecule has 144 valence electrons. The van der Waals surface area contributed by atoms with E-state index in [2.05, 4.69) is 4.90 Å². The summed E-state index contributed by atoms with van der Waals surface area (Å²) in [7, 11) is 0. The van der Waals surface area contributed by atoms with Gasteiger partial charge in [0.05, 0.1) is 21.2 Å². The molecule has 2 heterocycles. The average Bonchev–Trinajstić information content (AvgIpc) is 3.34. The molecule has 0 unspecified atom stereocenters. The SMILES string of the molecule is O=C1/C(=C/c2ccc(Cl)c(Cl)c2)Oc2c1ccc1c2CN(C2CCCC2)CO1. The molecular formula is C22H19Cl2NO3. The summed E-state index contributed by atoms with van der Waals surface area (Å²) < 4.78 is 12.0. The van der Waals surface area contributed by atoms with Crippen molar-refractivity contribution in [3.05, 3.63) is 62.8 Å². The van der Waals surface area contributed by atoms with E-state index in [1.54, 1.807) is 30.3 Å². The van der Waals surface area contributed by atoms with E-state index < -0.39 is 0 Å². The van der Waals surface area contributed by atoms with Crippen molar-refractivity contribution in [1.29, 1.82) is 0 Å². The fourth-order valence-electron chi connectivity index (χ4n) is 4.23. The molecule has 2 aromatic carbocycles. The zero-order chi connectivity index (χ0) is 19.3. The molecule has 0 saturated heterocycles. The third-order valence-corrected chi connectivity index (χ3v) is 6.47. The van der Waals surface area contributed by atoms with Gasteiger partial charge in [-0.15, -0.1) is 0 Å². The van der Waals surface area contributed by atoms with Crippen LogP contribution < -0.4 is 9.47 Å². The third-order valence-electron chi connectivity index (χ3n) is 5.73. The number of hydrogen-bond acceptors (Lipinski definition) is 4. The van der Waals surface area contributed by atoms with E-state index in [4.69, 9.17) is 32.7 Å². The van der Waals surface area contributed by atoms with Gasteiger partial charge in [0.25, 0.3) is 0 Å². The molecule has 28 heavy (non-hydrogen) atoms. The molecule has 1 aliphatic carbocycles. The lowest BCUT2D eigenvalue weighted by Gasteiger charge is -2.33. The number of ether oxygens (including phenoxy) is 2. The van der Waals surface area contributed by atoms with Gasteiger partial charge >= 0.3 is 0 Å². The molecule has 0 radical (unpaired) electrons. The lowest BCUT2D eigenvalue weighted by atomic mass is 10.0. The van der Waals surface area contributed by atoms with Gasteiger partial charge in [-0.2, -0.15) is 0 Å². The Labute approximate surface area is 173 Å². The summed E-state index contributed by atoms with van der Waals surface area (Å²) >= 11 is 12.1. The summed E-state index contributed by atoms with van der Waals surface area (Å²) in [5.41, 5.74) is 2.31. The maximum atomic E-state index is 12.9. The molecule has 0 amide bonds. The Morgan fingerprint density at radius 2 is 1.89 bits per heavy atom. The smallest absolute Gasteiger partial charge is 0.231 e. The number of halogens is 2. The van der Waals surface area contributed by atoms with Crippen LogP contribution in [0.5, 0.6) is 11.5 Å². The van der Waals surface area contributed by atoms with Crippen molar-refractivity contribution in [3.8, 4) is 11.5 Å². The van der Waals surface area contributed by atoms with Gasteiger partial charge in [-0.1, -0.05) is 42.1 Å². The molecule has 2 aliphatic heterocycles. The van der Waals surface area contributed by atoms with E-state index in [9.17, 15) is 4.79 Å². The second-order valence-electron chi connectivity index (χ2n) is 7.49. The lowest BCUT2D eigenvalue weighted by molar-refractivity contribution is 0.0567. The molecule has 5 rings (SSSR count). The first kappa shape index (κ1) is 18.0. The summed E-state index contributed by atoms with van der Waals surface area (Å²) in [6.45, 7) is 1.34. The predicted octanol–water partition coefficient (Wildman–Crippen LogP) is 5.70. The first-order valence-corrected chi connectivity index (χ1v) is 10.3. The maximum absolute atomic E-state index is 12.9. The molecule has 0 bridgehead atoms. The highest BCUT2D eigenvalue weighted by molar-refractivity contribution is 6.42. The van der Waals surface area contributed by atoms with Gasteiger partial charge in [-0.3, -0.25) is 9.69 Å². The van der Waals surface area contributed by atoms with Gasteiger partial charge < -0.3 is 9.47 Å². The number of benzene rings is 2. The highest BCUT2D eigenvalue weighted by Gasteiger charge is 2.35. The lowest BCUT2D eigenvalue weighted by Crippen LogP contribution is -2.39. The topological polar surface area (TPSA) is 38.8 Å². The summed E-state index contributed by atoms with van der Waals surface area (Å²) in [6.07, 6.45) is 6.65. The normalized spacial score (nSPS) is 20.8. The van der Waals surface area contributed by atoms with Crippen LogP contribution in [0.15, 0.2) is 36.1 Å². The Morgan fingerprint density at radius 3 is 2.68 bits per heavy atom. The van der Waals surface area contributed by atoms with Crippen LogP contribution in [0.4, 0.5) is 0 Å². The van der Waals surface area contributed by atoms with Crippen molar-refractivity contribution in [2.24, 2.45) is 0 Å². The minimum atomic E-state index is -0.123. The van der Waals surface area contributed by atoms with E-state index in [0.29, 0.717) is 39.9 Å². The van der Waals surface area contributed by atoms with Crippen molar-refractivity contribution in [2.75, 3.05) is 6.73 Å². The number of carbonyl (C=O) groups is 1. The number of ketones is 1. The van der Waals surface area contributed by atoms with E-state index in [1.807, 2.05) is 6.07 Å². The molecular weight excluding hydrogens is 397 g/mol. The Morgan fingerprint density at radius 1 is 1.07 bits per heavy atom. The molecule has 3 aliphatic rings. The van der Waals surface area contributed by atoms with Crippen LogP contribution in [-0.2, 0) is 6.54 Å². The predicted molar refractivity (Wildman–Crippen MR) is 109 cm³/mol. The van der Waals surface area contributed by atoms with Gasteiger partial charge in [0.2, 0.25) is 5.78 Å². The molecule has 0 spiro atoms. The second-order valence-corrected chi connectivity index (χ2v) is 8.31. The number of carbonyl (C=O) groups excluding carboxylic acids is 1. The van der Waals surface area contributed by atoms with E-state index >= 15 is 0 Å². The van der Waals surface area contributed by atoms with Crippen LogP contribution >= 0.6 is 23.2 Å². The van der Waals surface area contributed by atoms with Crippen LogP contribution in [0.1, 0.15) is 47.2 Å². The number of nitrogens with zero attached hydrogens (tertiary/aromatic N) is 1. The van der Waals surface area contributed by atoms with E-state index in [-0.39, 0.29) is 5.78 Å². The fourth-order valence-corrected chi connectivity index (χ4v) is 4.54. The van der Waals surface area contributed by atoms with Crippen LogP contribution in [0.2, 0.25) is 10.0 Å². The first-order valence-electron chi connectivity index (χ1n) is 9.52. The number of fused-ring (bicyclic) bond motifs is 3. The number of hydrogen-bond donors (Lipinski definition) is 0. The van der Waals surface area contributed by atoms with Crippen LogP contribution in [0.25, 0.3) is 6.08 Å². The average molecular weight is 416 g/mol. The summed E-state index contributed by atoms with van der Waals surface area (Å²) in [5, 5.41) is 0.918. The quantitative estimate of drug-likeness (QED) is 0.589. The number of rotatable bonds is 2. The zero-order valence-corrected chi connectivity index (χ0v) is 16.7. The van der Waals surface area contributed by atoms with Gasteiger partial charge in [0.1, 0.15) is 18.2 Å². The van der Waals surface area contributed by atoms with Gasteiger partial charge in [0, 0.05) is 12.6 Å². The van der Waals surface area contributed by atoms with Crippen LogP contribution in [-0.4, -0.2) is 23.5 Å². The highest BCUT2D eigenvalue weighted by Crippen LogP contribution is 2.43. The zero-order valence-electron chi connectivity index (χ0n) is 15.2. The summed E-state index contributed by atoms with van der Waals surface area (Å²) in [6, 6.07) is 9.45. The maximum Gasteiger partial charge on any atom is 0.231 e. The Kier molecular flexibility index (Phi) is 4.58. The van der Waals surface area contributed by atoms with Gasteiger partial charge in [0.15, 0.2) is 5.76 Å². The largest absolute Gasteiger partial charge is 0.478 e. The molecule has 0 aromatic heterocycles. The summed E-state index contributed by atoms with van der Waals surface area (Å²) in [4.78, 5) is 15.2. The molecule has 6 heteroatoms.